The van der Waals surface area contributed by atoms with Crippen LogP contribution in [0.1, 0.15) is 51.9 Å². The third-order valence-corrected chi connectivity index (χ3v) is 3.28. The normalized spacial score (nSPS) is 11.0. The number of unbranched alkanes of at least 4 members (excludes halogenated alkanes) is 6. The fourth-order valence-corrected chi connectivity index (χ4v) is 2.15. The maximum Gasteiger partial charge on any atom is 0.130 e. The van der Waals surface area contributed by atoms with E-state index in [1.165, 1.54) is 43.4 Å². The molecule has 104 valence electrons. The van der Waals surface area contributed by atoms with E-state index in [-0.39, 0.29) is 0 Å². The molecule has 0 amide bonds. The summed E-state index contributed by atoms with van der Waals surface area (Å²) in [4.78, 5) is 7.16. The average Bonchev–Trinajstić information content (AvgIpc) is 2.85. The first-order valence-corrected chi connectivity index (χ1v) is 7.35. The first-order valence-electron chi connectivity index (χ1n) is 7.35. The molecule has 0 aliphatic heterocycles. The number of hydrogen-bond donors (Lipinski definition) is 0. The molecule has 19 heavy (non-hydrogen) atoms. The number of nitrogens with zero attached hydrogens (tertiary/aromatic N) is 3. The van der Waals surface area contributed by atoms with Gasteiger partial charge in [0.1, 0.15) is 17.6 Å². The van der Waals surface area contributed by atoms with Gasteiger partial charge in [0.15, 0.2) is 0 Å². The van der Waals surface area contributed by atoms with Crippen LogP contribution in [0.5, 0.6) is 0 Å². The van der Waals surface area contributed by atoms with Gasteiger partial charge in [-0.3, -0.25) is 0 Å². The zero-order chi connectivity index (χ0) is 13.3. The van der Waals surface area contributed by atoms with Gasteiger partial charge in [-0.25, -0.2) is 0 Å². The number of para-hydroxylation sites is 1. The van der Waals surface area contributed by atoms with Gasteiger partial charge in [-0.15, -0.1) is 5.10 Å². The molecule has 0 saturated carbocycles. The summed E-state index contributed by atoms with van der Waals surface area (Å²) in [5.41, 5.74) is 1.81. The van der Waals surface area contributed by atoms with Crippen molar-refractivity contribution >= 4 is 11.0 Å². The van der Waals surface area contributed by atoms with E-state index < -0.39 is 0 Å². The van der Waals surface area contributed by atoms with E-state index in [4.69, 9.17) is 4.84 Å². The van der Waals surface area contributed by atoms with Crippen molar-refractivity contribution in [3.63, 3.8) is 0 Å². The SMILES string of the molecule is CCCCCCCCCOn1nnc2ccccc21. The van der Waals surface area contributed by atoms with E-state index in [1.54, 1.807) is 0 Å². The van der Waals surface area contributed by atoms with Crippen molar-refractivity contribution in [2.24, 2.45) is 0 Å². The Balaban J connectivity index is 1.63. The van der Waals surface area contributed by atoms with Gasteiger partial charge in [-0.1, -0.05) is 56.0 Å². The van der Waals surface area contributed by atoms with Crippen molar-refractivity contribution in [1.82, 2.24) is 15.2 Å². The summed E-state index contributed by atoms with van der Waals surface area (Å²) in [5.74, 6) is 0. The fourth-order valence-electron chi connectivity index (χ4n) is 2.15. The van der Waals surface area contributed by atoms with E-state index in [0.29, 0.717) is 6.61 Å². The van der Waals surface area contributed by atoms with Crippen LogP contribution in [-0.4, -0.2) is 21.8 Å². The molecule has 0 bridgehead atoms. The Bertz CT molecular complexity index is 481. The van der Waals surface area contributed by atoms with Crippen LogP contribution in [-0.2, 0) is 0 Å². The summed E-state index contributed by atoms with van der Waals surface area (Å²) in [6, 6.07) is 7.84. The lowest BCUT2D eigenvalue weighted by molar-refractivity contribution is 0.0843. The Kier molecular flexibility index (Phi) is 5.66. The zero-order valence-electron chi connectivity index (χ0n) is 11.7. The first kappa shape index (κ1) is 13.8. The quantitative estimate of drug-likeness (QED) is 0.647. The number of hydrogen-bond acceptors (Lipinski definition) is 3. The molecular weight excluding hydrogens is 238 g/mol. The van der Waals surface area contributed by atoms with Gasteiger partial charge in [-0.2, -0.15) is 0 Å². The highest BCUT2D eigenvalue weighted by Crippen LogP contribution is 2.09. The standard InChI is InChI=1S/C15H23N3O/c1-2-3-4-5-6-7-10-13-19-18-15-12-9-8-11-14(15)16-17-18/h8-9,11-12H,2-7,10,13H2,1H3. The van der Waals surface area contributed by atoms with Crippen molar-refractivity contribution < 1.29 is 4.84 Å². The van der Waals surface area contributed by atoms with Crippen molar-refractivity contribution in [3.05, 3.63) is 24.3 Å². The van der Waals surface area contributed by atoms with Gasteiger partial charge >= 0.3 is 0 Å². The molecule has 0 unspecified atom stereocenters. The highest BCUT2D eigenvalue weighted by atomic mass is 16.7. The van der Waals surface area contributed by atoms with E-state index in [1.807, 2.05) is 24.3 Å². The largest absolute Gasteiger partial charge is 0.395 e. The lowest BCUT2D eigenvalue weighted by atomic mass is 10.1. The van der Waals surface area contributed by atoms with Gasteiger partial charge in [-0.05, 0) is 30.2 Å². The minimum atomic E-state index is 0.709. The van der Waals surface area contributed by atoms with Crippen molar-refractivity contribution in [2.45, 2.75) is 51.9 Å². The maximum absolute atomic E-state index is 5.63. The molecule has 2 rings (SSSR count). The predicted molar refractivity (Wildman–Crippen MR) is 77.0 cm³/mol. The van der Waals surface area contributed by atoms with Crippen LogP contribution in [0.2, 0.25) is 0 Å². The lowest BCUT2D eigenvalue weighted by Gasteiger charge is -2.05. The van der Waals surface area contributed by atoms with Crippen molar-refractivity contribution in [2.75, 3.05) is 6.61 Å². The van der Waals surface area contributed by atoms with Crippen LogP contribution in [0.25, 0.3) is 11.0 Å². The second-order valence-corrected chi connectivity index (χ2v) is 4.91. The van der Waals surface area contributed by atoms with Gasteiger partial charge < -0.3 is 4.84 Å². The fraction of sp³-hybridized carbons (Fsp3) is 0.600. The van der Waals surface area contributed by atoms with Crippen LogP contribution in [0, 0.1) is 0 Å². The zero-order valence-corrected chi connectivity index (χ0v) is 11.7. The maximum atomic E-state index is 5.63. The number of rotatable bonds is 9. The van der Waals surface area contributed by atoms with Crippen LogP contribution in [0.3, 0.4) is 0 Å². The molecule has 4 heteroatoms. The number of fused-ring (bicyclic) bond motifs is 1. The molecule has 0 saturated heterocycles. The summed E-state index contributed by atoms with van der Waals surface area (Å²) in [7, 11) is 0. The Morgan fingerprint density at radius 3 is 2.58 bits per heavy atom. The van der Waals surface area contributed by atoms with Crippen LogP contribution in [0.15, 0.2) is 24.3 Å². The highest BCUT2D eigenvalue weighted by molar-refractivity contribution is 5.73. The molecule has 0 spiro atoms. The monoisotopic (exact) mass is 261 g/mol. The molecule has 0 fully saturated rings. The third kappa shape index (κ3) is 4.23. The molecule has 1 heterocycles. The molecule has 0 radical (unpaired) electrons. The number of aromatic nitrogens is 3. The van der Waals surface area contributed by atoms with Crippen LogP contribution >= 0.6 is 0 Å². The van der Waals surface area contributed by atoms with E-state index in [2.05, 4.69) is 17.2 Å². The average molecular weight is 261 g/mol. The van der Waals surface area contributed by atoms with Crippen LogP contribution in [0.4, 0.5) is 0 Å². The Hall–Kier alpha value is -1.58. The minimum Gasteiger partial charge on any atom is -0.395 e. The summed E-state index contributed by atoms with van der Waals surface area (Å²) < 4.78 is 0. The van der Waals surface area contributed by atoms with Crippen molar-refractivity contribution in [3.8, 4) is 0 Å². The second kappa shape index (κ2) is 7.77. The molecule has 0 N–H and O–H groups in total. The molecule has 0 aliphatic rings. The summed E-state index contributed by atoms with van der Waals surface area (Å²) in [6.45, 7) is 2.96. The molecule has 2 aromatic rings. The Labute approximate surface area is 114 Å². The van der Waals surface area contributed by atoms with E-state index in [0.717, 1.165) is 17.5 Å². The van der Waals surface area contributed by atoms with Gasteiger partial charge in [0.25, 0.3) is 0 Å². The minimum absolute atomic E-state index is 0.709. The number of benzene rings is 1. The van der Waals surface area contributed by atoms with Crippen LogP contribution < -0.4 is 4.84 Å². The third-order valence-electron chi connectivity index (χ3n) is 3.28. The topological polar surface area (TPSA) is 39.9 Å². The van der Waals surface area contributed by atoms with E-state index >= 15 is 0 Å². The smallest absolute Gasteiger partial charge is 0.130 e. The lowest BCUT2D eigenvalue weighted by Crippen LogP contribution is -2.14. The summed E-state index contributed by atoms with van der Waals surface area (Å²) in [6.07, 6.45) is 9.01. The first-order chi connectivity index (χ1) is 9.42. The molecule has 1 aromatic carbocycles. The molecule has 4 nitrogen and oxygen atoms in total. The summed E-state index contributed by atoms with van der Waals surface area (Å²) >= 11 is 0. The van der Waals surface area contributed by atoms with Gasteiger partial charge in [0, 0.05) is 0 Å². The second-order valence-electron chi connectivity index (χ2n) is 4.91. The van der Waals surface area contributed by atoms with E-state index in [9.17, 15) is 0 Å². The molecule has 1 aromatic heterocycles. The highest BCUT2D eigenvalue weighted by Gasteiger charge is 2.03. The molecule has 0 atom stereocenters. The predicted octanol–water partition coefficient (Wildman–Crippen LogP) is 3.61. The Morgan fingerprint density at radius 2 is 1.74 bits per heavy atom. The van der Waals surface area contributed by atoms with Gasteiger partial charge in [0.2, 0.25) is 0 Å². The molecular formula is C15H23N3O. The van der Waals surface area contributed by atoms with Crippen molar-refractivity contribution in [1.29, 1.82) is 0 Å². The summed E-state index contributed by atoms with van der Waals surface area (Å²) in [5, 5.41) is 8.05. The molecule has 0 aliphatic carbocycles. The Morgan fingerprint density at radius 1 is 1.00 bits per heavy atom. The van der Waals surface area contributed by atoms with Gasteiger partial charge in [0.05, 0.1) is 0 Å².